The lowest BCUT2D eigenvalue weighted by atomic mass is 10.1. The first-order valence-corrected chi connectivity index (χ1v) is 10.4. The van der Waals surface area contributed by atoms with Crippen molar-refractivity contribution in [3.05, 3.63) is 66.7 Å². The van der Waals surface area contributed by atoms with Gasteiger partial charge in [0.1, 0.15) is 5.75 Å². The summed E-state index contributed by atoms with van der Waals surface area (Å²) < 4.78 is 9.04. The van der Waals surface area contributed by atoms with Gasteiger partial charge in [-0.15, -0.1) is 10.2 Å². The van der Waals surface area contributed by atoms with Crippen molar-refractivity contribution in [2.75, 3.05) is 7.11 Å². The second-order valence-electron chi connectivity index (χ2n) is 6.97. The molecule has 0 amide bonds. The van der Waals surface area contributed by atoms with Crippen LogP contribution in [0, 0.1) is 0 Å². The number of methoxy groups -OCH3 is 1. The molecule has 0 saturated carbocycles. The lowest BCUT2D eigenvalue weighted by Crippen LogP contribution is -2.04. The van der Waals surface area contributed by atoms with Crippen LogP contribution >= 0.6 is 11.3 Å². The van der Waals surface area contributed by atoms with Crippen LogP contribution < -0.4 is 4.74 Å². The molecular formula is C21H16N8OS. The van der Waals surface area contributed by atoms with E-state index in [1.807, 2.05) is 65.5 Å². The Morgan fingerprint density at radius 3 is 2.81 bits per heavy atom. The zero-order chi connectivity index (χ0) is 20.8. The van der Waals surface area contributed by atoms with E-state index in [0.717, 1.165) is 49.5 Å². The molecule has 0 aliphatic heterocycles. The number of H-pyrrole nitrogens is 1. The summed E-state index contributed by atoms with van der Waals surface area (Å²) in [6.07, 6.45) is 1.81. The second kappa shape index (κ2) is 7.03. The maximum Gasteiger partial charge on any atom is 0.235 e. The first-order valence-electron chi connectivity index (χ1n) is 9.60. The third-order valence-corrected chi connectivity index (χ3v) is 6.02. The molecular weight excluding hydrogens is 412 g/mol. The van der Waals surface area contributed by atoms with Gasteiger partial charge in [0.2, 0.25) is 4.96 Å². The van der Waals surface area contributed by atoms with E-state index in [1.54, 1.807) is 11.6 Å². The van der Waals surface area contributed by atoms with E-state index in [0.29, 0.717) is 6.54 Å². The summed E-state index contributed by atoms with van der Waals surface area (Å²) in [6, 6.07) is 17.8. The van der Waals surface area contributed by atoms with Crippen LogP contribution in [0.3, 0.4) is 0 Å². The van der Waals surface area contributed by atoms with Crippen LogP contribution in [-0.2, 0) is 6.54 Å². The van der Waals surface area contributed by atoms with E-state index < -0.39 is 0 Å². The SMILES string of the molecule is COc1ccc(-c2cc(-c3nn4c(Cn5cnc6ccccc65)nnc4s3)[nH]n2)cc1. The van der Waals surface area contributed by atoms with Crippen molar-refractivity contribution >= 4 is 27.3 Å². The molecule has 1 N–H and O–H groups in total. The van der Waals surface area contributed by atoms with Crippen LogP contribution in [-0.4, -0.2) is 46.7 Å². The van der Waals surface area contributed by atoms with Gasteiger partial charge in [-0.1, -0.05) is 23.5 Å². The maximum atomic E-state index is 5.22. The minimum Gasteiger partial charge on any atom is -0.497 e. The second-order valence-corrected chi connectivity index (χ2v) is 7.93. The van der Waals surface area contributed by atoms with E-state index >= 15 is 0 Å². The van der Waals surface area contributed by atoms with Crippen LogP contribution in [0.4, 0.5) is 0 Å². The fourth-order valence-corrected chi connectivity index (χ4v) is 4.32. The highest BCUT2D eigenvalue weighted by Crippen LogP contribution is 2.28. The normalized spacial score (nSPS) is 11.5. The minimum atomic E-state index is 0.533. The molecule has 4 heterocycles. The molecule has 6 aromatic rings. The number of imidazole rings is 1. The predicted molar refractivity (Wildman–Crippen MR) is 117 cm³/mol. The Kier molecular flexibility index (Phi) is 4.03. The van der Waals surface area contributed by atoms with Gasteiger partial charge < -0.3 is 9.30 Å². The molecule has 0 atom stereocenters. The summed E-state index contributed by atoms with van der Waals surface area (Å²) >= 11 is 1.46. The predicted octanol–water partition coefficient (Wildman–Crippen LogP) is 3.65. The van der Waals surface area contributed by atoms with Crippen LogP contribution in [0.25, 0.3) is 38.0 Å². The van der Waals surface area contributed by atoms with Crippen molar-refractivity contribution < 1.29 is 4.74 Å². The molecule has 31 heavy (non-hydrogen) atoms. The van der Waals surface area contributed by atoms with Gasteiger partial charge >= 0.3 is 0 Å². The van der Waals surface area contributed by atoms with Crippen LogP contribution in [0.1, 0.15) is 5.82 Å². The number of hydrogen-bond donors (Lipinski definition) is 1. The van der Waals surface area contributed by atoms with Crippen molar-refractivity contribution in [2.24, 2.45) is 0 Å². The van der Waals surface area contributed by atoms with Gasteiger partial charge in [-0.2, -0.15) is 14.7 Å². The number of benzene rings is 2. The Hall–Kier alpha value is -4.05. The third-order valence-electron chi connectivity index (χ3n) is 5.09. The summed E-state index contributed by atoms with van der Waals surface area (Å²) in [5.41, 5.74) is 4.67. The van der Waals surface area contributed by atoms with Crippen molar-refractivity contribution in [3.8, 4) is 27.7 Å². The number of rotatable bonds is 5. The van der Waals surface area contributed by atoms with Gasteiger partial charge in [0.15, 0.2) is 10.8 Å². The molecule has 9 nitrogen and oxygen atoms in total. The Morgan fingerprint density at radius 2 is 1.94 bits per heavy atom. The molecule has 0 unspecified atom stereocenters. The number of aromatic amines is 1. The first-order chi connectivity index (χ1) is 15.3. The highest BCUT2D eigenvalue weighted by molar-refractivity contribution is 7.19. The van der Waals surface area contributed by atoms with Crippen LogP contribution in [0.5, 0.6) is 5.75 Å². The number of ether oxygens (including phenoxy) is 1. The van der Waals surface area contributed by atoms with Gasteiger partial charge in [-0.05, 0) is 42.5 Å². The standard InChI is InChI=1S/C21H16N8OS/c1-30-14-8-6-13(7-9-14)16-10-17(24-23-16)20-27-29-19(25-26-21(29)31-20)11-28-12-22-15-4-2-3-5-18(15)28/h2-10,12H,11H2,1H3,(H,23,24). The molecule has 6 rings (SSSR count). The lowest BCUT2D eigenvalue weighted by molar-refractivity contribution is 0.415. The van der Waals surface area contributed by atoms with Crippen molar-refractivity contribution in [2.45, 2.75) is 6.54 Å². The Balaban J connectivity index is 1.31. The molecule has 0 aliphatic carbocycles. The minimum absolute atomic E-state index is 0.533. The van der Waals surface area contributed by atoms with E-state index in [4.69, 9.17) is 9.84 Å². The van der Waals surface area contributed by atoms with E-state index in [-0.39, 0.29) is 0 Å². The third kappa shape index (κ3) is 3.04. The van der Waals surface area contributed by atoms with E-state index in [1.165, 1.54) is 11.3 Å². The number of hydrogen-bond acceptors (Lipinski definition) is 7. The zero-order valence-corrected chi connectivity index (χ0v) is 17.2. The molecule has 0 bridgehead atoms. The van der Waals surface area contributed by atoms with Crippen molar-refractivity contribution in [3.63, 3.8) is 0 Å². The molecule has 0 radical (unpaired) electrons. The molecule has 4 aromatic heterocycles. The van der Waals surface area contributed by atoms with Gasteiger partial charge in [-0.3, -0.25) is 5.10 Å². The van der Waals surface area contributed by atoms with Gasteiger partial charge in [0.25, 0.3) is 0 Å². The van der Waals surface area contributed by atoms with Crippen molar-refractivity contribution in [1.29, 1.82) is 0 Å². The largest absolute Gasteiger partial charge is 0.497 e. The summed E-state index contributed by atoms with van der Waals surface area (Å²) in [7, 11) is 1.65. The number of fused-ring (bicyclic) bond motifs is 2. The summed E-state index contributed by atoms with van der Waals surface area (Å²) in [5, 5.41) is 21.6. The fourth-order valence-electron chi connectivity index (χ4n) is 3.49. The molecule has 0 saturated heterocycles. The Bertz CT molecular complexity index is 1510. The van der Waals surface area contributed by atoms with Crippen LogP contribution in [0.15, 0.2) is 60.9 Å². The number of aromatic nitrogens is 8. The number of nitrogens with one attached hydrogen (secondary N) is 1. The average molecular weight is 428 g/mol. The zero-order valence-electron chi connectivity index (χ0n) is 16.4. The molecule has 0 fully saturated rings. The Morgan fingerprint density at radius 1 is 1.06 bits per heavy atom. The quantitative estimate of drug-likeness (QED) is 0.450. The highest BCUT2D eigenvalue weighted by Gasteiger charge is 2.16. The van der Waals surface area contributed by atoms with Gasteiger partial charge in [-0.25, -0.2) is 4.98 Å². The topological polar surface area (TPSA) is 98.8 Å². The molecule has 152 valence electrons. The van der Waals surface area contributed by atoms with Crippen LogP contribution in [0.2, 0.25) is 0 Å². The molecule has 2 aromatic carbocycles. The van der Waals surface area contributed by atoms with Gasteiger partial charge in [0, 0.05) is 5.56 Å². The molecule has 0 spiro atoms. The van der Waals surface area contributed by atoms with E-state index in [2.05, 4.69) is 25.4 Å². The van der Waals surface area contributed by atoms with E-state index in [9.17, 15) is 0 Å². The lowest BCUT2D eigenvalue weighted by Gasteiger charge is -2.01. The summed E-state index contributed by atoms with van der Waals surface area (Å²) in [6.45, 7) is 0.533. The molecule has 10 heteroatoms. The van der Waals surface area contributed by atoms with Gasteiger partial charge in [0.05, 0.1) is 42.4 Å². The smallest absolute Gasteiger partial charge is 0.235 e. The summed E-state index contributed by atoms with van der Waals surface area (Å²) in [5.74, 6) is 1.56. The first kappa shape index (κ1) is 17.8. The summed E-state index contributed by atoms with van der Waals surface area (Å²) in [4.78, 5) is 5.17. The monoisotopic (exact) mass is 428 g/mol. The fraction of sp³-hybridized carbons (Fsp3) is 0.0952. The number of para-hydroxylation sites is 2. The number of nitrogens with zero attached hydrogens (tertiary/aromatic N) is 7. The maximum absolute atomic E-state index is 5.22. The Labute approximate surface area is 180 Å². The molecule has 0 aliphatic rings. The average Bonchev–Trinajstić information content (AvgIpc) is 3.59. The van der Waals surface area contributed by atoms with Crippen molar-refractivity contribution in [1.82, 2.24) is 39.6 Å². The highest BCUT2D eigenvalue weighted by atomic mass is 32.1.